The SMILES string of the molecule is N#Cc1c(N=Cc2ccc(OCc3ccc(F)cc3)cc2)n[nH]c1Nc1cccc(CI)c1. The fourth-order valence-electron chi connectivity index (χ4n) is 3.03. The molecular formula is C25H19FIN5O. The molecule has 4 rings (SSSR count). The Morgan fingerprint density at radius 3 is 2.61 bits per heavy atom. The van der Waals surface area contributed by atoms with Gasteiger partial charge in [0.25, 0.3) is 0 Å². The average Bonchev–Trinajstić information content (AvgIpc) is 3.24. The van der Waals surface area contributed by atoms with Gasteiger partial charge in [0, 0.05) is 16.3 Å². The van der Waals surface area contributed by atoms with Crippen molar-refractivity contribution >= 4 is 46.1 Å². The van der Waals surface area contributed by atoms with Gasteiger partial charge in [-0.3, -0.25) is 5.10 Å². The molecule has 2 N–H and O–H groups in total. The molecule has 1 aromatic heterocycles. The van der Waals surface area contributed by atoms with Crippen molar-refractivity contribution in [2.75, 3.05) is 5.32 Å². The summed E-state index contributed by atoms with van der Waals surface area (Å²) in [5.74, 6) is 1.22. The van der Waals surface area contributed by atoms with E-state index in [1.54, 1.807) is 18.3 Å². The largest absolute Gasteiger partial charge is 0.489 e. The number of aromatic nitrogens is 2. The van der Waals surface area contributed by atoms with Crippen LogP contribution in [0.15, 0.2) is 77.8 Å². The highest BCUT2D eigenvalue weighted by Gasteiger charge is 2.12. The van der Waals surface area contributed by atoms with Crippen molar-refractivity contribution in [2.24, 2.45) is 4.99 Å². The Balaban J connectivity index is 1.41. The highest BCUT2D eigenvalue weighted by Crippen LogP contribution is 2.26. The number of nitrogens with zero attached hydrogens (tertiary/aromatic N) is 3. The maximum atomic E-state index is 13.0. The first-order valence-corrected chi connectivity index (χ1v) is 11.6. The number of hydrogen-bond acceptors (Lipinski definition) is 5. The Morgan fingerprint density at radius 2 is 1.88 bits per heavy atom. The van der Waals surface area contributed by atoms with Crippen LogP contribution < -0.4 is 10.1 Å². The molecule has 8 heteroatoms. The third kappa shape index (κ3) is 5.96. The molecule has 0 saturated carbocycles. The summed E-state index contributed by atoms with van der Waals surface area (Å²) < 4.78 is 19.6. The van der Waals surface area contributed by atoms with Crippen molar-refractivity contribution in [3.05, 3.63) is 101 Å². The molecular weight excluding hydrogens is 532 g/mol. The molecule has 0 bridgehead atoms. The maximum Gasteiger partial charge on any atom is 0.193 e. The van der Waals surface area contributed by atoms with Crippen LogP contribution in [0, 0.1) is 17.1 Å². The summed E-state index contributed by atoms with van der Waals surface area (Å²) in [5.41, 5.74) is 4.11. The molecule has 3 aromatic carbocycles. The Morgan fingerprint density at radius 1 is 1.09 bits per heavy atom. The lowest BCUT2D eigenvalue weighted by Crippen LogP contribution is -1.95. The summed E-state index contributed by atoms with van der Waals surface area (Å²) >= 11 is 2.31. The van der Waals surface area contributed by atoms with Crippen LogP contribution in [0.5, 0.6) is 5.75 Å². The average molecular weight is 551 g/mol. The molecule has 164 valence electrons. The summed E-state index contributed by atoms with van der Waals surface area (Å²) in [7, 11) is 0. The smallest absolute Gasteiger partial charge is 0.193 e. The number of rotatable bonds is 8. The topological polar surface area (TPSA) is 86.1 Å². The first-order valence-electron chi connectivity index (χ1n) is 10.1. The van der Waals surface area contributed by atoms with E-state index in [0.29, 0.717) is 29.6 Å². The molecule has 0 atom stereocenters. The van der Waals surface area contributed by atoms with Gasteiger partial charge in [0.1, 0.15) is 35.6 Å². The van der Waals surface area contributed by atoms with E-state index < -0.39 is 0 Å². The lowest BCUT2D eigenvalue weighted by Gasteiger charge is -2.06. The number of H-pyrrole nitrogens is 1. The number of alkyl halides is 1. The van der Waals surface area contributed by atoms with E-state index in [9.17, 15) is 9.65 Å². The summed E-state index contributed by atoms with van der Waals surface area (Å²) in [6, 6.07) is 23.7. The van der Waals surface area contributed by atoms with E-state index in [1.807, 2.05) is 48.5 Å². The van der Waals surface area contributed by atoms with Gasteiger partial charge in [0.05, 0.1) is 0 Å². The van der Waals surface area contributed by atoms with Crippen molar-refractivity contribution in [1.29, 1.82) is 5.26 Å². The second-order valence-corrected chi connectivity index (χ2v) is 7.87. The van der Waals surface area contributed by atoms with E-state index in [0.717, 1.165) is 21.2 Å². The van der Waals surface area contributed by atoms with E-state index >= 15 is 0 Å². The summed E-state index contributed by atoms with van der Waals surface area (Å²) in [6.07, 6.45) is 1.64. The molecule has 0 fully saturated rings. The Kier molecular flexibility index (Phi) is 7.32. The minimum Gasteiger partial charge on any atom is -0.489 e. The van der Waals surface area contributed by atoms with E-state index in [2.05, 4.69) is 49.2 Å². The number of aliphatic imine (C=N–C) groups is 1. The Hall–Kier alpha value is -3.71. The number of benzene rings is 3. The highest BCUT2D eigenvalue weighted by atomic mass is 127. The van der Waals surface area contributed by atoms with E-state index in [-0.39, 0.29) is 5.82 Å². The van der Waals surface area contributed by atoms with Gasteiger partial charge in [-0.25, -0.2) is 9.38 Å². The molecule has 0 amide bonds. The molecule has 0 unspecified atom stereocenters. The zero-order valence-electron chi connectivity index (χ0n) is 17.4. The first kappa shape index (κ1) is 22.5. The van der Waals surface area contributed by atoms with Crippen LogP contribution >= 0.6 is 22.6 Å². The van der Waals surface area contributed by atoms with Crippen molar-refractivity contribution < 1.29 is 9.13 Å². The van der Waals surface area contributed by atoms with Gasteiger partial charge >= 0.3 is 0 Å². The molecule has 0 aliphatic heterocycles. The molecule has 6 nitrogen and oxygen atoms in total. The molecule has 33 heavy (non-hydrogen) atoms. The van der Waals surface area contributed by atoms with Crippen LogP contribution in [-0.2, 0) is 11.0 Å². The second kappa shape index (κ2) is 10.7. The van der Waals surface area contributed by atoms with E-state index in [1.165, 1.54) is 17.7 Å². The standard InChI is InChI=1S/C25H19FIN5O/c26-20-8-4-18(5-9-20)16-33-22-10-6-17(7-11-22)15-29-24-23(14-28)25(32-31-24)30-21-3-1-2-19(12-21)13-27/h1-12,15H,13,16H2,(H2,30,31,32). The number of anilines is 2. The third-order valence-electron chi connectivity index (χ3n) is 4.74. The Labute approximate surface area is 204 Å². The molecule has 1 heterocycles. The monoisotopic (exact) mass is 551 g/mol. The van der Waals surface area contributed by atoms with Crippen molar-refractivity contribution in [1.82, 2.24) is 10.2 Å². The Bertz CT molecular complexity index is 1290. The highest BCUT2D eigenvalue weighted by molar-refractivity contribution is 14.1. The minimum atomic E-state index is -0.271. The summed E-state index contributed by atoms with van der Waals surface area (Å²) in [5, 5.41) is 19.8. The molecule has 0 aliphatic carbocycles. The van der Waals surface area contributed by atoms with Gasteiger partial charge < -0.3 is 10.1 Å². The van der Waals surface area contributed by atoms with Gasteiger partial charge in [0.15, 0.2) is 5.82 Å². The second-order valence-electron chi connectivity index (χ2n) is 7.11. The van der Waals surface area contributed by atoms with Gasteiger partial charge in [0.2, 0.25) is 0 Å². The number of halogens is 2. The fourth-order valence-corrected chi connectivity index (χ4v) is 3.51. The summed E-state index contributed by atoms with van der Waals surface area (Å²) in [6.45, 7) is 0.350. The predicted molar refractivity (Wildman–Crippen MR) is 135 cm³/mol. The van der Waals surface area contributed by atoms with Gasteiger partial charge in [-0.15, -0.1) is 0 Å². The molecule has 0 radical (unpaired) electrons. The fraction of sp³-hybridized carbons (Fsp3) is 0.0800. The predicted octanol–water partition coefficient (Wildman–Crippen LogP) is 6.43. The molecule has 0 aliphatic rings. The maximum absolute atomic E-state index is 13.0. The number of nitrogens with one attached hydrogen (secondary N) is 2. The van der Waals surface area contributed by atoms with Crippen LogP contribution in [-0.4, -0.2) is 16.4 Å². The van der Waals surface area contributed by atoms with Gasteiger partial charge in [-0.05, 0) is 65.2 Å². The van der Waals surface area contributed by atoms with Gasteiger partial charge in [-0.2, -0.15) is 10.4 Å². The van der Waals surface area contributed by atoms with Crippen LogP contribution in [0.1, 0.15) is 22.3 Å². The van der Waals surface area contributed by atoms with Crippen molar-refractivity contribution in [3.8, 4) is 11.8 Å². The lowest BCUT2D eigenvalue weighted by atomic mass is 10.2. The third-order valence-corrected chi connectivity index (χ3v) is 5.63. The quantitative estimate of drug-likeness (QED) is 0.150. The molecule has 4 aromatic rings. The minimum absolute atomic E-state index is 0.271. The normalized spacial score (nSPS) is 10.8. The lowest BCUT2D eigenvalue weighted by molar-refractivity contribution is 0.306. The van der Waals surface area contributed by atoms with Gasteiger partial charge in [-0.1, -0.05) is 46.9 Å². The number of hydrogen-bond donors (Lipinski definition) is 2. The van der Waals surface area contributed by atoms with Crippen molar-refractivity contribution in [2.45, 2.75) is 11.0 Å². The van der Waals surface area contributed by atoms with Crippen LogP contribution in [0.2, 0.25) is 0 Å². The molecule has 0 spiro atoms. The number of aromatic amines is 1. The number of nitriles is 1. The van der Waals surface area contributed by atoms with Crippen LogP contribution in [0.25, 0.3) is 0 Å². The molecule has 0 saturated heterocycles. The van der Waals surface area contributed by atoms with Crippen molar-refractivity contribution in [3.63, 3.8) is 0 Å². The van der Waals surface area contributed by atoms with Crippen LogP contribution in [0.3, 0.4) is 0 Å². The first-order chi connectivity index (χ1) is 16.1. The van der Waals surface area contributed by atoms with Crippen LogP contribution in [0.4, 0.5) is 21.7 Å². The summed E-state index contributed by atoms with van der Waals surface area (Å²) in [4.78, 5) is 4.37. The zero-order chi connectivity index (χ0) is 23.0. The zero-order valence-corrected chi connectivity index (χ0v) is 19.6. The number of ether oxygens (including phenoxy) is 1. The van der Waals surface area contributed by atoms with E-state index in [4.69, 9.17) is 4.74 Å².